The number of ether oxygens (including phenoxy) is 1. The van der Waals surface area contributed by atoms with Gasteiger partial charge in [-0.05, 0) is 37.7 Å². The lowest BCUT2D eigenvalue weighted by atomic mass is 10.00. The van der Waals surface area contributed by atoms with Crippen LogP contribution in [0.5, 0.6) is 0 Å². The van der Waals surface area contributed by atoms with Crippen molar-refractivity contribution in [3.63, 3.8) is 0 Å². The summed E-state index contributed by atoms with van der Waals surface area (Å²) in [6.45, 7) is 3.84. The zero-order valence-electron chi connectivity index (χ0n) is 12.3. The molecule has 0 radical (unpaired) electrons. The summed E-state index contributed by atoms with van der Waals surface area (Å²) in [7, 11) is 2.17. The smallest absolute Gasteiger partial charge is 0.132 e. The molecule has 2 fully saturated rings. The molecule has 2 aliphatic rings. The third kappa shape index (κ3) is 3.70. The second-order valence-electron chi connectivity index (χ2n) is 6.08. The predicted octanol–water partition coefficient (Wildman–Crippen LogP) is 2.20. The first-order valence-corrected chi connectivity index (χ1v) is 7.79. The minimum Gasteiger partial charge on any atom is -0.381 e. The summed E-state index contributed by atoms with van der Waals surface area (Å²) in [6, 6.07) is 4.97. The van der Waals surface area contributed by atoms with Crippen molar-refractivity contribution in [2.45, 2.75) is 38.3 Å². The highest BCUT2D eigenvalue weighted by Crippen LogP contribution is 2.23. The van der Waals surface area contributed by atoms with Crippen molar-refractivity contribution in [1.29, 1.82) is 0 Å². The Hall–Kier alpha value is -1.13. The Morgan fingerprint density at radius 1 is 1.30 bits per heavy atom. The van der Waals surface area contributed by atoms with Crippen LogP contribution in [0.4, 0.5) is 5.82 Å². The molecule has 20 heavy (non-hydrogen) atoms. The predicted molar refractivity (Wildman–Crippen MR) is 80.9 cm³/mol. The van der Waals surface area contributed by atoms with E-state index in [9.17, 15) is 0 Å². The van der Waals surface area contributed by atoms with Gasteiger partial charge in [0.25, 0.3) is 0 Å². The van der Waals surface area contributed by atoms with Crippen LogP contribution >= 0.6 is 0 Å². The number of aromatic nitrogens is 1. The summed E-state index contributed by atoms with van der Waals surface area (Å²) < 4.78 is 5.44. The molecule has 1 saturated carbocycles. The van der Waals surface area contributed by atoms with Gasteiger partial charge in [-0.15, -0.1) is 0 Å². The van der Waals surface area contributed by atoms with Crippen LogP contribution in [0.3, 0.4) is 0 Å². The molecule has 0 amide bonds. The fourth-order valence-corrected chi connectivity index (χ4v) is 2.86. The first-order chi connectivity index (χ1) is 9.83. The van der Waals surface area contributed by atoms with E-state index in [1.54, 1.807) is 0 Å². The summed E-state index contributed by atoms with van der Waals surface area (Å²) in [5.41, 5.74) is 1.31. The number of anilines is 1. The topological polar surface area (TPSA) is 37.4 Å². The van der Waals surface area contributed by atoms with Gasteiger partial charge in [-0.3, -0.25) is 0 Å². The molecule has 0 atom stereocenters. The van der Waals surface area contributed by atoms with Crippen LogP contribution in [0.15, 0.2) is 18.3 Å². The van der Waals surface area contributed by atoms with Gasteiger partial charge in [-0.2, -0.15) is 0 Å². The molecule has 110 valence electrons. The Bertz CT molecular complexity index is 427. The quantitative estimate of drug-likeness (QED) is 0.863. The van der Waals surface area contributed by atoms with Gasteiger partial charge in [0.1, 0.15) is 5.82 Å². The summed E-state index contributed by atoms with van der Waals surface area (Å²) in [5.74, 6) is 1.87. The standard InChI is InChI=1S/C16H25N3O/c1-19(12-13-6-9-20-10-7-13)16-14(3-2-8-17-16)11-18-15-4-5-15/h2-3,8,13,15,18H,4-7,9-12H2,1H3. The molecule has 1 aromatic rings. The van der Waals surface area contributed by atoms with Crippen molar-refractivity contribution < 1.29 is 4.74 Å². The van der Waals surface area contributed by atoms with Crippen molar-refractivity contribution >= 4 is 5.82 Å². The SMILES string of the molecule is CN(CC1CCOCC1)c1ncccc1CNC1CC1. The van der Waals surface area contributed by atoms with Crippen molar-refractivity contribution in [1.82, 2.24) is 10.3 Å². The molecule has 1 saturated heterocycles. The van der Waals surface area contributed by atoms with Crippen LogP contribution in [0.25, 0.3) is 0 Å². The van der Waals surface area contributed by atoms with E-state index in [0.29, 0.717) is 0 Å². The Kier molecular flexibility index (Phi) is 4.53. The number of hydrogen-bond donors (Lipinski definition) is 1. The molecule has 1 aromatic heterocycles. The minimum absolute atomic E-state index is 0.736. The second-order valence-corrected chi connectivity index (χ2v) is 6.08. The normalized spacial score (nSPS) is 20.1. The molecule has 4 nitrogen and oxygen atoms in total. The lowest BCUT2D eigenvalue weighted by molar-refractivity contribution is 0.0685. The molecule has 1 aliphatic heterocycles. The highest BCUT2D eigenvalue weighted by Gasteiger charge is 2.22. The number of pyridine rings is 1. The first kappa shape index (κ1) is 13.8. The molecule has 0 bridgehead atoms. The summed E-state index contributed by atoms with van der Waals surface area (Å²) in [5, 5.41) is 3.59. The maximum absolute atomic E-state index is 5.44. The third-order valence-electron chi connectivity index (χ3n) is 4.26. The largest absolute Gasteiger partial charge is 0.381 e. The second kappa shape index (κ2) is 6.55. The molecule has 1 aliphatic carbocycles. The number of rotatable bonds is 6. The van der Waals surface area contributed by atoms with Crippen molar-refractivity contribution in [3.05, 3.63) is 23.9 Å². The van der Waals surface area contributed by atoms with Crippen LogP contribution in [0.1, 0.15) is 31.2 Å². The minimum atomic E-state index is 0.736. The molecule has 4 heteroatoms. The maximum atomic E-state index is 5.44. The van der Waals surface area contributed by atoms with Gasteiger partial charge >= 0.3 is 0 Å². The van der Waals surface area contributed by atoms with E-state index in [-0.39, 0.29) is 0 Å². The summed E-state index contributed by atoms with van der Waals surface area (Å²) >= 11 is 0. The van der Waals surface area contributed by atoms with E-state index in [1.807, 2.05) is 12.3 Å². The Balaban J connectivity index is 1.61. The van der Waals surface area contributed by atoms with Gasteiger partial charge in [0.05, 0.1) is 0 Å². The maximum Gasteiger partial charge on any atom is 0.132 e. The van der Waals surface area contributed by atoms with Crippen LogP contribution in [0, 0.1) is 5.92 Å². The van der Waals surface area contributed by atoms with Crippen molar-refractivity contribution in [3.8, 4) is 0 Å². The Labute approximate surface area is 121 Å². The molecule has 1 N–H and O–H groups in total. The zero-order valence-corrected chi connectivity index (χ0v) is 12.3. The monoisotopic (exact) mass is 275 g/mol. The van der Waals surface area contributed by atoms with Crippen LogP contribution < -0.4 is 10.2 Å². The van der Waals surface area contributed by atoms with Gasteiger partial charge in [-0.25, -0.2) is 4.98 Å². The zero-order chi connectivity index (χ0) is 13.8. The molecular formula is C16H25N3O. The van der Waals surface area contributed by atoms with Crippen molar-refractivity contribution in [2.75, 3.05) is 31.7 Å². The summed E-state index contributed by atoms with van der Waals surface area (Å²) in [6.07, 6.45) is 6.90. The van der Waals surface area contributed by atoms with Crippen molar-refractivity contribution in [2.24, 2.45) is 5.92 Å². The van der Waals surface area contributed by atoms with Gasteiger partial charge in [0, 0.05) is 51.2 Å². The first-order valence-electron chi connectivity index (χ1n) is 7.79. The third-order valence-corrected chi connectivity index (χ3v) is 4.26. The van der Waals surface area contributed by atoms with Crippen LogP contribution in [0.2, 0.25) is 0 Å². The van der Waals surface area contributed by atoms with Gasteiger partial charge in [-0.1, -0.05) is 6.07 Å². The average Bonchev–Trinajstić information content (AvgIpc) is 3.31. The molecular weight excluding hydrogens is 250 g/mol. The fraction of sp³-hybridized carbons (Fsp3) is 0.688. The van der Waals surface area contributed by atoms with Crippen LogP contribution in [-0.2, 0) is 11.3 Å². The Morgan fingerprint density at radius 3 is 2.85 bits per heavy atom. The van der Waals surface area contributed by atoms with E-state index in [1.165, 1.54) is 31.2 Å². The molecule has 2 heterocycles. The van der Waals surface area contributed by atoms with Gasteiger partial charge < -0.3 is 15.0 Å². The van der Waals surface area contributed by atoms with E-state index >= 15 is 0 Å². The molecule has 0 unspecified atom stereocenters. The van der Waals surface area contributed by atoms with Gasteiger partial charge in [0.15, 0.2) is 0 Å². The summed E-state index contributed by atoms with van der Waals surface area (Å²) in [4.78, 5) is 6.92. The molecule has 0 spiro atoms. The van der Waals surface area contributed by atoms with E-state index in [2.05, 4.69) is 28.3 Å². The van der Waals surface area contributed by atoms with E-state index in [0.717, 1.165) is 44.1 Å². The molecule has 0 aromatic carbocycles. The fourth-order valence-electron chi connectivity index (χ4n) is 2.86. The lowest BCUT2D eigenvalue weighted by Crippen LogP contribution is -2.31. The van der Waals surface area contributed by atoms with E-state index in [4.69, 9.17) is 4.74 Å². The lowest BCUT2D eigenvalue weighted by Gasteiger charge is -2.29. The highest BCUT2D eigenvalue weighted by molar-refractivity contribution is 5.46. The number of nitrogens with zero attached hydrogens (tertiary/aromatic N) is 2. The van der Waals surface area contributed by atoms with E-state index < -0.39 is 0 Å². The highest BCUT2D eigenvalue weighted by atomic mass is 16.5. The Morgan fingerprint density at radius 2 is 2.10 bits per heavy atom. The van der Waals surface area contributed by atoms with Crippen LogP contribution in [-0.4, -0.2) is 37.8 Å². The number of nitrogens with one attached hydrogen (secondary N) is 1. The average molecular weight is 275 g/mol. The molecule has 3 rings (SSSR count). The van der Waals surface area contributed by atoms with Gasteiger partial charge in [0.2, 0.25) is 0 Å². The number of hydrogen-bond acceptors (Lipinski definition) is 4.